The first-order valence-corrected chi connectivity index (χ1v) is 7.88. The van der Waals surface area contributed by atoms with Gasteiger partial charge in [0, 0.05) is 12.2 Å². The fourth-order valence-electron chi connectivity index (χ4n) is 2.11. The lowest BCUT2D eigenvalue weighted by molar-refractivity contribution is 0.390. The summed E-state index contributed by atoms with van der Waals surface area (Å²) in [5.74, 6) is 5.61. The Morgan fingerprint density at radius 3 is 2.53 bits per heavy atom. The van der Waals surface area contributed by atoms with Crippen LogP contribution >= 0.6 is 0 Å². The maximum absolute atomic E-state index is 12.3. The van der Waals surface area contributed by atoms with Gasteiger partial charge in [-0.2, -0.15) is 0 Å². The zero-order valence-corrected chi connectivity index (χ0v) is 12.4. The first-order valence-electron chi connectivity index (χ1n) is 6.40. The number of rotatable bonds is 7. The minimum absolute atomic E-state index is 0.0738. The van der Waals surface area contributed by atoms with Gasteiger partial charge < -0.3 is 5.43 Å². The van der Waals surface area contributed by atoms with Gasteiger partial charge in [-0.05, 0) is 25.0 Å². The molecule has 1 aromatic rings. The Labute approximate surface area is 114 Å². The Kier molecular flexibility index (Phi) is 5.71. The summed E-state index contributed by atoms with van der Waals surface area (Å²) in [5, 5.41) is -0.0738. The molecule has 0 saturated heterocycles. The number of nitrogens with two attached hydrogens (primary N) is 1. The summed E-state index contributed by atoms with van der Waals surface area (Å²) < 4.78 is 27.2. The topological polar surface area (TPSA) is 97.1 Å². The second kappa shape index (κ2) is 6.83. The minimum Gasteiger partial charge on any atom is -0.321 e. The Bertz CT molecular complexity index is 500. The summed E-state index contributed by atoms with van der Waals surface area (Å²) >= 11 is 0. The number of pyridine rings is 1. The van der Waals surface area contributed by atoms with E-state index < -0.39 is 10.0 Å². The summed E-state index contributed by atoms with van der Waals surface area (Å²) in [4.78, 5) is 3.89. The average Bonchev–Trinajstić information content (AvgIpc) is 2.39. The van der Waals surface area contributed by atoms with Gasteiger partial charge >= 0.3 is 0 Å². The molecule has 0 spiro atoms. The number of nitrogen functional groups attached to an aromatic ring is 1. The molecule has 1 heterocycles. The Balaban J connectivity index is 2.98. The molecule has 0 aliphatic rings. The van der Waals surface area contributed by atoms with Crippen molar-refractivity contribution >= 4 is 15.7 Å². The molecule has 108 valence electrons. The maximum atomic E-state index is 12.3. The molecule has 0 amide bonds. The van der Waals surface area contributed by atoms with Crippen molar-refractivity contribution in [2.75, 3.05) is 5.43 Å². The molecular formula is C12H22N4O2S. The van der Waals surface area contributed by atoms with Crippen LogP contribution in [0.3, 0.4) is 0 Å². The normalized spacial score (nSPS) is 13.5. The largest absolute Gasteiger partial charge is 0.321 e. The van der Waals surface area contributed by atoms with Crippen molar-refractivity contribution in [3.63, 3.8) is 0 Å². The number of hydrazine groups is 1. The molecule has 6 nitrogen and oxygen atoms in total. The van der Waals surface area contributed by atoms with Crippen LogP contribution < -0.4 is 16.0 Å². The number of nitrogens with zero attached hydrogens (tertiary/aromatic N) is 1. The fraction of sp³-hybridized carbons (Fsp3) is 0.583. The third kappa shape index (κ3) is 3.89. The van der Waals surface area contributed by atoms with Crippen LogP contribution in [0.4, 0.5) is 5.69 Å². The summed E-state index contributed by atoms with van der Waals surface area (Å²) in [6.45, 7) is 5.97. The molecule has 1 atom stereocenters. The SMILES string of the molecule is CCC(CC)C(C)NS(=O)(=O)c1ncccc1NN. The lowest BCUT2D eigenvalue weighted by Crippen LogP contribution is -2.38. The van der Waals surface area contributed by atoms with E-state index in [0.717, 1.165) is 12.8 Å². The van der Waals surface area contributed by atoms with Crippen LogP contribution in [0.1, 0.15) is 33.6 Å². The molecule has 1 unspecified atom stereocenters. The smallest absolute Gasteiger partial charge is 0.260 e. The van der Waals surface area contributed by atoms with Crippen LogP contribution in [0.25, 0.3) is 0 Å². The van der Waals surface area contributed by atoms with E-state index in [1.807, 2.05) is 20.8 Å². The highest BCUT2D eigenvalue weighted by Gasteiger charge is 2.25. The highest BCUT2D eigenvalue weighted by molar-refractivity contribution is 7.89. The zero-order valence-electron chi connectivity index (χ0n) is 11.6. The summed E-state index contributed by atoms with van der Waals surface area (Å²) in [6.07, 6.45) is 3.27. The number of nitrogens with one attached hydrogen (secondary N) is 2. The van der Waals surface area contributed by atoms with Crippen LogP contribution in [-0.4, -0.2) is 19.4 Å². The second-order valence-corrected chi connectivity index (χ2v) is 6.12. The van der Waals surface area contributed by atoms with Crippen molar-refractivity contribution in [1.29, 1.82) is 0 Å². The molecule has 0 fully saturated rings. The van der Waals surface area contributed by atoms with Crippen molar-refractivity contribution in [2.24, 2.45) is 11.8 Å². The monoisotopic (exact) mass is 286 g/mol. The highest BCUT2D eigenvalue weighted by atomic mass is 32.2. The molecule has 0 aliphatic carbocycles. The summed E-state index contributed by atoms with van der Waals surface area (Å²) in [7, 11) is -3.67. The summed E-state index contributed by atoms with van der Waals surface area (Å²) in [5.41, 5.74) is 2.63. The number of aromatic nitrogens is 1. The Morgan fingerprint density at radius 1 is 1.37 bits per heavy atom. The van der Waals surface area contributed by atoms with E-state index in [2.05, 4.69) is 15.1 Å². The predicted octanol–water partition coefficient (Wildman–Crippen LogP) is 1.47. The van der Waals surface area contributed by atoms with E-state index in [1.54, 1.807) is 12.1 Å². The van der Waals surface area contributed by atoms with Gasteiger partial charge in [0.15, 0.2) is 5.03 Å². The lowest BCUT2D eigenvalue weighted by Gasteiger charge is -2.22. The third-order valence-electron chi connectivity index (χ3n) is 3.28. The molecule has 1 aromatic heterocycles. The van der Waals surface area contributed by atoms with Gasteiger partial charge in [0.1, 0.15) is 0 Å². The molecule has 0 saturated carbocycles. The van der Waals surface area contributed by atoms with Crippen LogP contribution in [0.15, 0.2) is 23.4 Å². The van der Waals surface area contributed by atoms with Crippen LogP contribution in [0, 0.1) is 5.92 Å². The van der Waals surface area contributed by atoms with Crippen molar-refractivity contribution < 1.29 is 8.42 Å². The lowest BCUT2D eigenvalue weighted by atomic mass is 9.96. The van der Waals surface area contributed by atoms with E-state index in [0.29, 0.717) is 5.92 Å². The third-order valence-corrected chi connectivity index (χ3v) is 4.79. The van der Waals surface area contributed by atoms with Crippen LogP contribution in [-0.2, 0) is 10.0 Å². The van der Waals surface area contributed by atoms with Gasteiger partial charge in [0.05, 0.1) is 5.69 Å². The molecule has 19 heavy (non-hydrogen) atoms. The Hall–Kier alpha value is -1.18. The predicted molar refractivity (Wildman–Crippen MR) is 75.9 cm³/mol. The number of sulfonamides is 1. The molecular weight excluding hydrogens is 264 g/mol. The van der Waals surface area contributed by atoms with E-state index in [9.17, 15) is 8.42 Å². The summed E-state index contributed by atoms with van der Waals surface area (Å²) in [6, 6.07) is 3.05. The van der Waals surface area contributed by atoms with Gasteiger partial charge in [-0.3, -0.25) is 5.84 Å². The van der Waals surface area contributed by atoms with E-state index in [1.165, 1.54) is 6.20 Å². The number of hydrogen-bond donors (Lipinski definition) is 3. The van der Waals surface area contributed by atoms with E-state index in [4.69, 9.17) is 5.84 Å². The van der Waals surface area contributed by atoms with Crippen molar-refractivity contribution in [1.82, 2.24) is 9.71 Å². The minimum atomic E-state index is -3.67. The molecule has 0 bridgehead atoms. The molecule has 1 rings (SSSR count). The zero-order chi connectivity index (χ0) is 14.5. The first kappa shape index (κ1) is 15.9. The molecule has 0 aliphatic heterocycles. The quantitative estimate of drug-likeness (QED) is 0.521. The highest BCUT2D eigenvalue weighted by Crippen LogP contribution is 2.19. The molecule has 0 aromatic carbocycles. The molecule has 4 N–H and O–H groups in total. The number of anilines is 1. The van der Waals surface area contributed by atoms with Crippen molar-refractivity contribution in [3.8, 4) is 0 Å². The van der Waals surface area contributed by atoms with Gasteiger partial charge in [-0.15, -0.1) is 0 Å². The van der Waals surface area contributed by atoms with Crippen molar-refractivity contribution in [3.05, 3.63) is 18.3 Å². The standard InChI is InChI=1S/C12H22N4O2S/c1-4-10(5-2)9(3)16-19(17,18)12-11(15-13)7-6-8-14-12/h6-10,15-16H,4-5,13H2,1-3H3. The average molecular weight is 286 g/mol. The molecule has 7 heteroatoms. The van der Waals surface area contributed by atoms with Gasteiger partial charge in [0.25, 0.3) is 10.0 Å². The van der Waals surface area contributed by atoms with E-state index >= 15 is 0 Å². The first-order chi connectivity index (χ1) is 8.96. The van der Waals surface area contributed by atoms with Crippen LogP contribution in [0.5, 0.6) is 0 Å². The molecule has 0 radical (unpaired) electrons. The van der Waals surface area contributed by atoms with Crippen LogP contribution in [0.2, 0.25) is 0 Å². The maximum Gasteiger partial charge on any atom is 0.260 e. The van der Waals surface area contributed by atoms with Gasteiger partial charge in [-0.1, -0.05) is 26.7 Å². The second-order valence-electron chi connectivity index (χ2n) is 4.49. The van der Waals surface area contributed by atoms with Gasteiger partial charge in [-0.25, -0.2) is 18.1 Å². The number of hydrogen-bond acceptors (Lipinski definition) is 5. The van der Waals surface area contributed by atoms with Crippen molar-refractivity contribution in [2.45, 2.75) is 44.7 Å². The Morgan fingerprint density at radius 2 is 2.00 bits per heavy atom. The van der Waals surface area contributed by atoms with E-state index in [-0.39, 0.29) is 16.8 Å². The van der Waals surface area contributed by atoms with Gasteiger partial charge in [0.2, 0.25) is 0 Å². The fourth-order valence-corrected chi connectivity index (χ4v) is 3.52.